The molecule has 0 aromatic rings. The van der Waals surface area contributed by atoms with Crippen LogP contribution in [0.25, 0.3) is 0 Å². The van der Waals surface area contributed by atoms with Gasteiger partial charge in [0.15, 0.2) is 0 Å². The maximum atomic E-state index is 12.0. The summed E-state index contributed by atoms with van der Waals surface area (Å²) < 4.78 is -4.06. The van der Waals surface area contributed by atoms with E-state index in [1.807, 2.05) is 0 Å². The van der Waals surface area contributed by atoms with Crippen LogP contribution < -0.4 is 0 Å². The van der Waals surface area contributed by atoms with Crippen LogP contribution in [0.2, 0.25) is 0 Å². The van der Waals surface area contributed by atoms with E-state index in [9.17, 15) is 9.59 Å². The van der Waals surface area contributed by atoms with Crippen LogP contribution in [0.3, 0.4) is 0 Å². The van der Waals surface area contributed by atoms with Crippen molar-refractivity contribution in [2.75, 3.05) is 13.1 Å². The van der Waals surface area contributed by atoms with Crippen molar-refractivity contribution in [2.24, 2.45) is 0 Å². The second-order valence-corrected chi connectivity index (χ2v) is 9.17. The number of halogens is 6. The number of rotatable bonds is 0. The van der Waals surface area contributed by atoms with Gasteiger partial charge < -0.3 is 9.80 Å². The summed E-state index contributed by atoms with van der Waals surface area (Å²) in [6, 6.07) is -0.712. The summed E-state index contributed by atoms with van der Waals surface area (Å²) in [5.74, 6) is -1.27. The number of carbonyl (C=O) groups is 2. The molecule has 0 aromatic carbocycles. The van der Waals surface area contributed by atoms with E-state index < -0.39 is 19.4 Å². The van der Waals surface area contributed by atoms with Crippen LogP contribution in [0.1, 0.15) is 13.8 Å². The predicted octanol–water partition coefficient (Wildman–Crippen LogP) is 3.17. The second-order valence-electron chi connectivity index (χ2n) is 4.61. The molecule has 20 heavy (non-hydrogen) atoms. The highest BCUT2D eigenvalue weighted by atomic mass is 35.6. The lowest BCUT2D eigenvalue weighted by molar-refractivity contribution is -0.144. The van der Waals surface area contributed by atoms with Crippen molar-refractivity contribution in [1.29, 1.82) is 0 Å². The maximum Gasteiger partial charge on any atom is 0.275 e. The Bertz CT molecular complexity index is 368. The van der Waals surface area contributed by atoms with Gasteiger partial charge in [-0.2, -0.15) is 0 Å². The Morgan fingerprint density at radius 2 is 1.05 bits per heavy atom. The molecule has 1 saturated heterocycles. The number of hydrogen-bond acceptors (Lipinski definition) is 2. The van der Waals surface area contributed by atoms with Crippen LogP contribution in [-0.4, -0.2) is 54.4 Å². The molecule has 1 aliphatic rings. The summed E-state index contributed by atoms with van der Waals surface area (Å²) in [7, 11) is 0. The largest absolute Gasteiger partial charge is 0.332 e. The van der Waals surface area contributed by atoms with Crippen LogP contribution in [0.5, 0.6) is 0 Å². The van der Waals surface area contributed by atoms with Crippen molar-refractivity contribution < 1.29 is 9.59 Å². The van der Waals surface area contributed by atoms with Gasteiger partial charge in [-0.1, -0.05) is 69.6 Å². The highest BCUT2D eigenvalue weighted by molar-refractivity contribution is 6.76. The van der Waals surface area contributed by atoms with Gasteiger partial charge in [0.1, 0.15) is 0 Å². The molecule has 1 fully saturated rings. The highest BCUT2D eigenvalue weighted by Gasteiger charge is 2.45. The third kappa shape index (κ3) is 4.34. The molecule has 0 unspecified atom stereocenters. The Morgan fingerprint density at radius 1 is 0.800 bits per heavy atom. The minimum absolute atomic E-state index is 0.195. The monoisotopic (exact) mass is 402 g/mol. The normalized spacial score (nSPS) is 24.8. The molecule has 2 atom stereocenters. The third-order valence-electron chi connectivity index (χ3n) is 2.99. The van der Waals surface area contributed by atoms with Crippen LogP contribution in [-0.2, 0) is 9.59 Å². The minimum Gasteiger partial charge on any atom is -0.332 e. The molecule has 0 spiro atoms. The molecule has 2 amide bonds. The van der Waals surface area contributed by atoms with Crippen molar-refractivity contribution in [1.82, 2.24) is 9.80 Å². The van der Waals surface area contributed by atoms with E-state index in [2.05, 4.69) is 0 Å². The first-order valence-electron chi connectivity index (χ1n) is 5.61. The molecule has 1 rings (SSSR count). The van der Waals surface area contributed by atoms with E-state index >= 15 is 0 Å². The van der Waals surface area contributed by atoms with Gasteiger partial charge in [-0.15, -0.1) is 0 Å². The number of alkyl halides is 6. The smallest absolute Gasteiger partial charge is 0.275 e. The van der Waals surface area contributed by atoms with E-state index in [-0.39, 0.29) is 25.2 Å². The maximum absolute atomic E-state index is 12.0. The number of amides is 2. The fraction of sp³-hybridized carbons (Fsp3) is 0.800. The molecule has 10 heteroatoms. The van der Waals surface area contributed by atoms with Crippen LogP contribution in [0, 0.1) is 0 Å². The molecular weight excluding hydrogens is 393 g/mol. The van der Waals surface area contributed by atoms with Crippen molar-refractivity contribution in [3.63, 3.8) is 0 Å². The van der Waals surface area contributed by atoms with Crippen LogP contribution in [0.15, 0.2) is 0 Å². The number of hydrogen-bond donors (Lipinski definition) is 0. The van der Waals surface area contributed by atoms with Crippen molar-refractivity contribution in [3.05, 3.63) is 0 Å². The van der Waals surface area contributed by atoms with Crippen molar-refractivity contribution >= 4 is 81.4 Å². The van der Waals surface area contributed by atoms with Crippen LogP contribution in [0.4, 0.5) is 0 Å². The Hall–Kier alpha value is 0.680. The van der Waals surface area contributed by atoms with Gasteiger partial charge in [-0.3, -0.25) is 9.59 Å². The fourth-order valence-electron chi connectivity index (χ4n) is 2.02. The topological polar surface area (TPSA) is 40.6 Å². The molecule has 0 saturated carbocycles. The summed E-state index contributed by atoms with van der Waals surface area (Å²) in [6.45, 7) is 3.83. The van der Waals surface area contributed by atoms with Crippen molar-refractivity contribution in [3.8, 4) is 0 Å². The lowest BCUT2D eigenvalue weighted by Crippen LogP contribution is -2.62. The molecule has 4 nitrogen and oxygen atoms in total. The van der Waals surface area contributed by atoms with Gasteiger partial charge in [0.2, 0.25) is 0 Å². The van der Waals surface area contributed by atoms with E-state index in [1.165, 1.54) is 9.80 Å². The lowest BCUT2D eigenvalue weighted by atomic mass is 10.1. The summed E-state index contributed by atoms with van der Waals surface area (Å²) >= 11 is 33.6. The van der Waals surface area contributed by atoms with Gasteiger partial charge in [0.25, 0.3) is 19.4 Å². The first-order chi connectivity index (χ1) is 8.85. The zero-order valence-electron chi connectivity index (χ0n) is 10.5. The fourth-order valence-corrected chi connectivity index (χ4v) is 2.67. The highest BCUT2D eigenvalue weighted by Crippen LogP contribution is 2.33. The predicted molar refractivity (Wildman–Crippen MR) is 82.9 cm³/mol. The summed E-state index contributed by atoms with van der Waals surface area (Å²) in [5.41, 5.74) is 0. The van der Waals surface area contributed by atoms with Crippen molar-refractivity contribution in [2.45, 2.75) is 33.5 Å². The van der Waals surface area contributed by atoms with Gasteiger partial charge in [0, 0.05) is 25.2 Å². The Labute approximate surface area is 147 Å². The Morgan fingerprint density at radius 3 is 1.25 bits per heavy atom. The number of nitrogens with zero attached hydrogens (tertiary/aromatic N) is 2. The Kier molecular flexibility index (Phi) is 6.02. The molecule has 0 N–H and O–H groups in total. The lowest BCUT2D eigenvalue weighted by Gasteiger charge is -2.45. The van der Waals surface area contributed by atoms with Gasteiger partial charge in [0.05, 0.1) is 0 Å². The molecule has 0 aliphatic carbocycles. The molecule has 116 valence electrons. The standard InChI is InChI=1S/C10H12Cl6N2O2/c1-5-3-18(8(20)10(14,15)16)6(2)4-17(5)7(19)9(11,12)13/h5-6H,3-4H2,1-2H3/t5-,6-/m1/s1. The third-order valence-corrected chi connectivity index (χ3v) is 3.96. The molecule has 0 bridgehead atoms. The molecule has 0 radical (unpaired) electrons. The average molecular weight is 405 g/mol. The Balaban J connectivity index is 2.87. The SMILES string of the molecule is C[C@@H]1CN(C(=O)C(Cl)(Cl)Cl)[C@H](C)CN1C(=O)C(Cl)(Cl)Cl. The van der Waals surface area contributed by atoms with Gasteiger partial charge in [-0.05, 0) is 13.8 Å². The first-order valence-corrected chi connectivity index (χ1v) is 7.88. The minimum atomic E-state index is -2.03. The molecule has 1 heterocycles. The summed E-state index contributed by atoms with van der Waals surface area (Å²) in [6.07, 6.45) is 0. The summed E-state index contributed by atoms with van der Waals surface area (Å²) in [5, 5.41) is 0. The zero-order valence-corrected chi connectivity index (χ0v) is 15.1. The second kappa shape index (κ2) is 6.43. The van der Waals surface area contributed by atoms with E-state index in [4.69, 9.17) is 69.6 Å². The number of carbonyl (C=O) groups excluding carboxylic acids is 2. The van der Waals surface area contributed by atoms with E-state index in [0.29, 0.717) is 0 Å². The van der Waals surface area contributed by atoms with Crippen LogP contribution >= 0.6 is 69.6 Å². The quantitative estimate of drug-likeness (QED) is 0.582. The average Bonchev–Trinajstić information content (AvgIpc) is 2.27. The molecule has 0 aromatic heterocycles. The van der Waals surface area contributed by atoms with E-state index in [0.717, 1.165) is 0 Å². The van der Waals surface area contributed by atoms with E-state index in [1.54, 1.807) is 13.8 Å². The van der Waals surface area contributed by atoms with Gasteiger partial charge in [-0.25, -0.2) is 0 Å². The molecule has 1 aliphatic heterocycles. The van der Waals surface area contributed by atoms with Gasteiger partial charge >= 0.3 is 0 Å². The number of piperazine rings is 1. The summed E-state index contributed by atoms with van der Waals surface area (Å²) in [4.78, 5) is 26.8. The molecular formula is C10H12Cl6N2O2. The zero-order chi connectivity index (χ0) is 15.9. The first kappa shape index (κ1) is 18.7.